The fourth-order valence-electron chi connectivity index (χ4n) is 3.60. The van der Waals surface area contributed by atoms with Crippen molar-refractivity contribution < 1.29 is 4.74 Å². The van der Waals surface area contributed by atoms with Gasteiger partial charge in [0.1, 0.15) is 5.60 Å². The minimum Gasteiger partial charge on any atom is -0.460 e. The maximum absolute atomic E-state index is 6.18. The Balaban J connectivity index is 1.64. The molecule has 18 heavy (non-hydrogen) atoms. The van der Waals surface area contributed by atoms with Crippen molar-refractivity contribution in [2.45, 2.75) is 18.4 Å². The Morgan fingerprint density at radius 1 is 1.33 bits per heavy atom. The standard InChI is InChI=1S/C13H16N2OS2/c17-12-15(11-2-1-7-18-11)9-13(16-12)8-14-5-3-10(13)4-6-14/h1-2,7,10H,3-6,8-9H2/t13-/m1/s1. The number of anilines is 1. The molecule has 0 N–H and O–H groups in total. The van der Waals surface area contributed by atoms with E-state index in [0.29, 0.717) is 11.1 Å². The van der Waals surface area contributed by atoms with Crippen LogP contribution < -0.4 is 4.90 Å². The molecule has 5 heterocycles. The second kappa shape index (κ2) is 3.92. The first-order chi connectivity index (χ1) is 8.77. The number of hydrogen-bond acceptors (Lipinski definition) is 4. The molecule has 4 aliphatic heterocycles. The van der Waals surface area contributed by atoms with Crippen molar-refractivity contribution in [1.82, 2.24) is 4.90 Å². The molecular weight excluding hydrogens is 264 g/mol. The van der Waals surface area contributed by atoms with E-state index in [9.17, 15) is 0 Å². The zero-order chi connectivity index (χ0) is 12.2. The summed E-state index contributed by atoms with van der Waals surface area (Å²) in [5.74, 6) is 0.686. The lowest BCUT2D eigenvalue weighted by molar-refractivity contribution is -0.0783. The first-order valence-corrected chi connectivity index (χ1v) is 7.82. The number of thiocarbonyl (C=S) groups is 1. The number of piperidine rings is 3. The van der Waals surface area contributed by atoms with E-state index < -0.39 is 0 Å². The van der Waals surface area contributed by atoms with E-state index in [1.54, 1.807) is 11.3 Å². The van der Waals surface area contributed by atoms with Crippen molar-refractivity contribution in [3.63, 3.8) is 0 Å². The number of fused-ring (bicyclic) bond motifs is 2. The summed E-state index contributed by atoms with van der Waals surface area (Å²) >= 11 is 7.19. The number of thiophene rings is 1. The van der Waals surface area contributed by atoms with Crippen LogP contribution in [0.15, 0.2) is 17.5 Å². The predicted octanol–water partition coefficient (Wildman–Crippen LogP) is 2.33. The maximum Gasteiger partial charge on any atom is 0.265 e. The van der Waals surface area contributed by atoms with Gasteiger partial charge >= 0.3 is 0 Å². The Labute approximate surface area is 116 Å². The van der Waals surface area contributed by atoms with Crippen molar-refractivity contribution in [2.75, 3.05) is 31.1 Å². The van der Waals surface area contributed by atoms with Crippen LogP contribution in [0.25, 0.3) is 0 Å². The quantitative estimate of drug-likeness (QED) is 0.733. The highest BCUT2D eigenvalue weighted by Crippen LogP contribution is 2.43. The molecule has 96 valence electrons. The van der Waals surface area contributed by atoms with E-state index in [-0.39, 0.29) is 5.60 Å². The molecule has 5 rings (SSSR count). The Morgan fingerprint density at radius 3 is 2.78 bits per heavy atom. The zero-order valence-corrected chi connectivity index (χ0v) is 11.8. The second-order valence-corrected chi connectivity index (χ2v) is 6.80. The van der Waals surface area contributed by atoms with Crippen LogP contribution in [-0.4, -0.2) is 41.9 Å². The third-order valence-corrected chi connectivity index (χ3v) is 5.73. The van der Waals surface area contributed by atoms with Gasteiger partial charge in [-0.15, -0.1) is 11.3 Å². The summed E-state index contributed by atoms with van der Waals surface area (Å²) in [6.45, 7) is 4.47. The van der Waals surface area contributed by atoms with Gasteiger partial charge in [-0.1, -0.05) is 0 Å². The third-order valence-electron chi connectivity index (χ3n) is 4.53. The molecule has 0 aromatic carbocycles. The summed E-state index contributed by atoms with van der Waals surface area (Å²) in [7, 11) is 0. The van der Waals surface area contributed by atoms with Crippen LogP contribution in [-0.2, 0) is 4.74 Å². The first-order valence-electron chi connectivity index (χ1n) is 6.53. The van der Waals surface area contributed by atoms with Gasteiger partial charge < -0.3 is 4.74 Å². The van der Waals surface area contributed by atoms with Crippen LogP contribution in [0.3, 0.4) is 0 Å². The summed E-state index contributed by atoms with van der Waals surface area (Å²) in [6, 6.07) is 4.20. The molecule has 4 fully saturated rings. The SMILES string of the molecule is S=C1O[C@]2(CN3CCC2CC3)CN1c1cccs1. The van der Waals surface area contributed by atoms with Gasteiger partial charge in [0.2, 0.25) is 0 Å². The molecule has 1 aromatic rings. The molecule has 1 spiro atoms. The fourth-order valence-corrected chi connectivity index (χ4v) is 4.72. The fraction of sp³-hybridized carbons (Fsp3) is 0.615. The Morgan fingerprint density at radius 2 is 2.17 bits per heavy atom. The lowest BCUT2D eigenvalue weighted by Crippen LogP contribution is -2.61. The van der Waals surface area contributed by atoms with Crippen molar-refractivity contribution in [3.05, 3.63) is 17.5 Å². The molecule has 4 aliphatic rings. The summed E-state index contributed by atoms with van der Waals surface area (Å²) in [6.07, 6.45) is 2.53. The van der Waals surface area contributed by atoms with E-state index in [2.05, 4.69) is 27.3 Å². The largest absolute Gasteiger partial charge is 0.460 e. The molecule has 0 saturated carbocycles. The van der Waals surface area contributed by atoms with Crippen molar-refractivity contribution >= 4 is 33.7 Å². The van der Waals surface area contributed by atoms with Gasteiger partial charge in [-0.05, 0) is 55.7 Å². The molecule has 0 amide bonds. The van der Waals surface area contributed by atoms with E-state index >= 15 is 0 Å². The minimum absolute atomic E-state index is 0.0302. The van der Waals surface area contributed by atoms with Crippen molar-refractivity contribution in [2.24, 2.45) is 5.92 Å². The monoisotopic (exact) mass is 280 g/mol. The number of rotatable bonds is 1. The molecule has 0 aliphatic carbocycles. The van der Waals surface area contributed by atoms with Gasteiger partial charge in [0.15, 0.2) is 0 Å². The van der Waals surface area contributed by atoms with Gasteiger partial charge in [0.25, 0.3) is 5.17 Å². The van der Waals surface area contributed by atoms with Crippen LogP contribution in [0.1, 0.15) is 12.8 Å². The van der Waals surface area contributed by atoms with Crippen molar-refractivity contribution in [3.8, 4) is 0 Å². The third kappa shape index (κ3) is 1.54. The highest BCUT2D eigenvalue weighted by atomic mass is 32.1. The molecule has 0 unspecified atom stereocenters. The minimum atomic E-state index is -0.0302. The molecule has 5 heteroatoms. The van der Waals surface area contributed by atoms with Gasteiger partial charge in [-0.25, -0.2) is 0 Å². The van der Waals surface area contributed by atoms with E-state index in [1.165, 1.54) is 30.9 Å². The van der Waals surface area contributed by atoms with Crippen LogP contribution in [0.2, 0.25) is 0 Å². The van der Waals surface area contributed by atoms with Crippen LogP contribution in [0.4, 0.5) is 5.00 Å². The zero-order valence-electron chi connectivity index (χ0n) is 10.2. The van der Waals surface area contributed by atoms with E-state index in [1.807, 2.05) is 0 Å². The van der Waals surface area contributed by atoms with Crippen LogP contribution >= 0.6 is 23.6 Å². The molecular formula is C13H16N2OS2. The first kappa shape index (κ1) is 11.2. The summed E-state index contributed by atoms with van der Waals surface area (Å²) in [5.41, 5.74) is -0.0302. The van der Waals surface area contributed by atoms with Gasteiger partial charge in [-0.3, -0.25) is 9.80 Å². The average molecular weight is 280 g/mol. The van der Waals surface area contributed by atoms with E-state index in [4.69, 9.17) is 17.0 Å². The maximum atomic E-state index is 6.18. The van der Waals surface area contributed by atoms with E-state index in [0.717, 1.165) is 13.1 Å². The Kier molecular flexibility index (Phi) is 2.44. The smallest absolute Gasteiger partial charge is 0.265 e. The summed E-state index contributed by atoms with van der Waals surface area (Å²) in [4.78, 5) is 4.71. The van der Waals surface area contributed by atoms with Gasteiger partial charge in [0, 0.05) is 12.5 Å². The van der Waals surface area contributed by atoms with Gasteiger partial charge in [0.05, 0.1) is 11.5 Å². The predicted molar refractivity (Wildman–Crippen MR) is 77.2 cm³/mol. The normalized spacial score (nSPS) is 38.4. The lowest BCUT2D eigenvalue weighted by atomic mass is 9.75. The molecule has 4 saturated heterocycles. The molecule has 1 aromatic heterocycles. The molecule has 0 radical (unpaired) electrons. The highest BCUT2D eigenvalue weighted by molar-refractivity contribution is 7.80. The lowest BCUT2D eigenvalue weighted by Gasteiger charge is -2.49. The summed E-state index contributed by atoms with van der Waals surface area (Å²) in [5, 5.41) is 3.99. The van der Waals surface area contributed by atoms with Crippen LogP contribution in [0.5, 0.6) is 0 Å². The average Bonchev–Trinajstić information content (AvgIpc) is 2.99. The second-order valence-electron chi connectivity index (χ2n) is 5.52. The highest BCUT2D eigenvalue weighted by Gasteiger charge is 2.54. The number of ether oxygens (including phenoxy) is 1. The summed E-state index contributed by atoms with van der Waals surface area (Å²) < 4.78 is 6.18. The van der Waals surface area contributed by atoms with Crippen LogP contribution in [0, 0.1) is 5.92 Å². The topological polar surface area (TPSA) is 15.7 Å². The number of nitrogens with zero attached hydrogens (tertiary/aromatic N) is 2. The number of hydrogen-bond donors (Lipinski definition) is 0. The molecule has 3 nitrogen and oxygen atoms in total. The van der Waals surface area contributed by atoms with Gasteiger partial charge in [-0.2, -0.15) is 0 Å². The molecule has 2 bridgehead atoms. The Bertz CT molecular complexity index is 467. The van der Waals surface area contributed by atoms with Crippen molar-refractivity contribution in [1.29, 1.82) is 0 Å². The molecule has 1 atom stereocenters. The Hall–Kier alpha value is -0.650.